The Hall–Kier alpha value is -1.67. The Kier molecular flexibility index (Phi) is 3.25. The van der Waals surface area contributed by atoms with Gasteiger partial charge < -0.3 is 5.32 Å². The molecule has 0 saturated carbocycles. The molecule has 0 bridgehead atoms. The lowest BCUT2D eigenvalue weighted by Gasteiger charge is -2.06. The van der Waals surface area contributed by atoms with Gasteiger partial charge in [-0.05, 0) is 6.07 Å². The molecule has 2 rings (SSSR count). The summed E-state index contributed by atoms with van der Waals surface area (Å²) in [5.74, 6) is 0.493. The molecule has 17 heavy (non-hydrogen) atoms. The number of hydrogen-bond acceptors (Lipinski definition) is 6. The third-order valence-electron chi connectivity index (χ3n) is 1.95. The van der Waals surface area contributed by atoms with E-state index in [1.54, 1.807) is 12.4 Å². The molecule has 0 aromatic carbocycles. The summed E-state index contributed by atoms with van der Waals surface area (Å²) in [7, 11) is -1.92. The molecular weight excluding hydrogens is 260 g/mol. The molecule has 0 atom stereocenters. The largest absolute Gasteiger partial charge is 0.373 e. The summed E-state index contributed by atoms with van der Waals surface area (Å²) in [5.41, 5.74) is 0. The minimum absolute atomic E-state index is 0.145. The molecule has 0 aliphatic carbocycles. The normalized spacial score (nSPS) is 11.1. The van der Waals surface area contributed by atoms with Gasteiger partial charge in [-0.3, -0.25) is 4.72 Å². The average Bonchev–Trinajstić information content (AvgIpc) is 2.81. The van der Waals surface area contributed by atoms with Crippen molar-refractivity contribution < 1.29 is 8.42 Å². The van der Waals surface area contributed by atoms with Crippen molar-refractivity contribution in [3.8, 4) is 0 Å². The monoisotopic (exact) mass is 270 g/mol. The summed E-state index contributed by atoms with van der Waals surface area (Å²) in [5, 5.41) is 4.82. The van der Waals surface area contributed by atoms with Crippen LogP contribution in [0.5, 0.6) is 0 Å². The zero-order valence-corrected chi connectivity index (χ0v) is 10.5. The van der Waals surface area contributed by atoms with Crippen molar-refractivity contribution in [3.05, 3.63) is 29.9 Å². The van der Waals surface area contributed by atoms with Gasteiger partial charge in [0.05, 0.1) is 4.90 Å². The lowest BCUT2D eigenvalue weighted by Crippen LogP contribution is -2.13. The van der Waals surface area contributed by atoms with Crippen molar-refractivity contribution in [2.75, 3.05) is 17.1 Å². The Labute approximate surface area is 103 Å². The van der Waals surface area contributed by atoms with Gasteiger partial charge in [-0.2, -0.15) is 0 Å². The second-order valence-corrected chi connectivity index (χ2v) is 5.65. The Morgan fingerprint density at radius 3 is 2.76 bits per heavy atom. The van der Waals surface area contributed by atoms with Crippen molar-refractivity contribution in [1.29, 1.82) is 0 Å². The van der Waals surface area contributed by atoms with E-state index in [0.29, 0.717) is 10.9 Å². The minimum atomic E-state index is -3.60. The van der Waals surface area contributed by atoms with Crippen molar-refractivity contribution in [3.63, 3.8) is 0 Å². The molecule has 90 valence electrons. The van der Waals surface area contributed by atoms with Crippen molar-refractivity contribution >= 4 is 32.3 Å². The van der Waals surface area contributed by atoms with Crippen LogP contribution in [-0.4, -0.2) is 25.4 Å². The summed E-state index contributed by atoms with van der Waals surface area (Å²) in [6.07, 6.45) is 2.97. The first-order valence-corrected chi connectivity index (χ1v) is 7.04. The van der Waals surface area contributed by atoms with Crippen LogP contribution in [0.25, 0.3) is 0 Å². The van der Waals surface area contributed by atoms with E-state index in [2.05, 4.69) is 20.0 Å². The molecular formula is C9H10N4O2S2. The molecule has 0 saturated heterocycles. The minimum Gasteiger partial charge on any atom is -0.373 e. The first kappa shape index (κ1) is 11.8. The van der Waals surface area contributed by atoms with Crippen LogP contribution in [0, 0.1) is 0 Å². The number of hydrogen-bond donors (Lipinski definition) is 2. The molecule has 8 heteroatoms. The topological polar surface area (TPSA) is 84.0 Å². The number of thiazole rings is 1. The van der Waals surface area contributed by atoms with Crippen LogP contribution < -0.4 is 10.0 Å². The standard InChI is InChI=1S/C9H10N4O2S2/c1-10-8-6-7(2-3-11-8)17(14,15)13-9-12-4-5-16-9/h2-6H,1H3,(H,10,11)(H,12,13). The molecule has 0 amide bonds. The number of nitrogens with one attached hydrogen (secondary N) is 2. The van der Waals surface area contributed by atoms with Crippen molar-refractivity contribution in [1.82, 2.24) is 9.97 Å². The van der Waals surface area contributed by atoms with Gasteiger partial charge in [0, 0.05) is 30.9 Å². The van der Waals surface area contributed by atoms with Crippen molar-refractivity contribution in [2.45, 2.75) is 4.90 Å². The fourth-order valence-corrected chi connectivity index (χ4v) is 2.96. The van der Waals surface area contributed by atoms with Gasteiger partial charge in [0.15, 0.2) is 5.13 Å². The molecule has 0 aliphatic rings. The van der Waals surface area contributed by atoms with Gasteiger partial charge >= 0.3 is 0 Å². The molecule has 0 unspecified atom stereocenters. The van der Waals surface area contributed by atoms with Crippen LogP contribution in [0.2, 0.25) is 0 Å². The molecule has 0 radical (unpaired) electrons. The Morgan fingerprint density at radius 2 is 2.12 bits per heavy atom. The zero-order chi connectivity index (χ0) is 12.3. The van der Waals surface area contributed by atoms with Crippen LogP contribution >= 0.6 is 11.3 Å². The van der Waals surface area contributed by atoms with Gasteiger partial charge in [-0.15, -0.1) is 11.3 Å². The van der Waals surface area contributed by atoms with E-state index in [0.717, 1.165) is 0 Å². The summed E-state index contributed by atoms with van der Waals surface area (Å²) >= 11 is 1.22. The number of anilines is 2. The highest BCUT2D eigenvalue weighted by Crippen LogP contribution is 2.18. The third-order valence-corrected chi connectivity index (χ3v) is 4.11. The Morgan fingerprint density at radius 1 is 1.29 bits per heavy atom. The fourth-order valence-electron chi connectivity index (χ4n) is 1.16. The SMILES string of the molecule is CNc1cc(S(=O)(=O)Nc2nccs2)ccn1. The summed E-state index contributed by atoms with van der Waals surface area (Å²) in [6.45, 7) is 0. The molecule has 2 aromatic rings. The maximum absolute atomic E-state index is 12.0. The molecule has 0 spiro atoms. The molecule has 6 nitrogen and oxygen atoms in total. The molecule has 0 fully saturated rings. The predicted molar refractivity (Wildman–Crippen MR) is 66.7 cm³/mol. The highest BCUT2D eigenvalue weighted by molar-refractivity contribution is 7.93. The number of aromatic nitrogens is 2. The predicted octanol–water partition coefficient (Wildman–Crippen LogP) is 1.38. The van der Waals surface area contributed by atoms with Gasteiger partial charge in [-0.1, -0.05) is 0 Å². The lowest BCUT2D eigenvalue weighted by atomic mass is 10.5. The maximum atomic E-state index is 12.0. The van der Waals surface area contributed by atoms with E-state index < -0.39 is 10.0 Å². The number of sulfonamides is 1. The first-order chi connectivity index (χ1) is 8.12. The van der Waals surface area contributed by atoms with Crippen LogP contribution in [0.3, 0.4) is 0 Å². The van der Waals surface area contributed by atoms with Gasteiger partial charge in [0.2, 0.25) is 0 Å². The zero-order valence-electron chi connectivity index (χ0n) is 8.91. The number of pyridine rings is 1. The fraction of sp³-hybridized carbons (Fsp3) is 0.111. The van der Waals surface area contributed by atoms with Crippen LogP contribution in [0.15, 0.2) is 34.8 Å². The highest BCUT2D eigenvalue weighted by atomic mass is 32.2. The molecule has 2 aromatic heterocycles. The lowest BCUT2D eigenvalue weighted by molar-refractivity contribution is 0.601. The van der Waals surface area contributed by atoms with E-state index in [9.17, 15) is 8.42 Å². The van der Waals surface area contributed by atoms with E-state index in [1.807, 2.05) is 0 Å². The van der Waals surface area contributed by atoms with E-state index in [4.69, 9.17) is 0 Å². The number of rotatable bonds is 4. The van der Waals surface area contributed by atoms with Gasteiger partial charge in [-0.25, -0.2) is 18.4 Å². The van der Waals surface area contributed by atoms with Gasteiger partial charge in [0.25, 0.3) is 10.0 Å². The molecule has 0 aliphatic heterocycles. The smallest absolute Gasteiger partial charge is 0.263 e. The molecule has 2 N–H and O–H groups in total. The van der Waals surface area contributed by atoms with E-state index in [1.165, 1.54) is 35.9 Å². The average molecular weight is 270 g/mol. The first-order valence-electron chi connectivity index (χ1n) is 4.68. The van der Waals surface area contributed by atoms with Crippen LogP contribution in [-0.2, 0) is 10.0 Å². The van der Waals surface area contributed by atoms with Crippen LogP contribution in [0.4, 0.5) is 10.9 Å². The van der Waals surface area contributed by atoms with E-state index >= 15 is 0 Å². The Balaban J connectivity index is 2.31. The molecule has 2 heterocycles. The van der Waals surface area contributed by atoms with E-state index in [-0.39, 0.29) is 4.90 Å². The second-order valence-electron chi connectivity index (χ2n) is 3.07. The summed E-state index contributed by atoms with van der Waals surface area (Å²) < 4.78 is 26.3. The number of nitrogens with zero attached hydrogens (tertiary/aromatic N) is 2. The van der Waals surface area contributed by atoms with Crippen molar-refractivity contribution in [2.24, 2.45) is 0 Å². The quantitative estimate of drug-likeness (QED) is 0.877. The third kappa shape index (κ3) is 2.71. The maximum Gasteiger partial charge on any atom is 0.263 e. The summed E-state index contributed by atoms with van der Waals surface area (Å²) in [6, 6.07) is 2.88. The van der Waals surface area contributed by atoms with Gasteiger partial charge in [0.1, 0.15) is 5.82 Å². The Bertz CT molecular complexity index is 595. The summed E-state index contributed by atoms with van der Waals surface area (Å²) in [4.78, 5) is 7.96. The highest BCUT2D eigenvalue weighted by Gasteiger charge is 2.15. The van der Waals surface area contributed by atoms with Crippen LogP contribution in [0.1, 0.15) is 0 Å². The second kappa shape index (κ2) is 4.68.